The first-order chi connectivity index (χ1) is 36.7. The zero-order chi connectivity index (χ0) is 50.5. The van der Waals surface area contributed by atoms with Crippen molar-refractivity contribution in [3.05, 3.63) is 280 Å². The van der Waals surface area contributed by atoms with Gasteiger partial charge in [0.1, 0.15) is 0 Å². The van der Waals surface area contributed by atoms with Gasteiger partial charge < -0.3 is 9.80 Å². The van der Waals surface area contributed by atoms with Gasteiger partial charge in [-0.3, -0.25) is 0 Å². The summed E-state index contributed by atoms with van der Waals surface area (Å²) in [5.74, 6) is 1.11. The minimum absolute atomic E-state index is 0.113. The van der Waals surface area contributed by atoms with Crippen molar-refractivity contribution in [2.75, 3.05) is 9.80 Å². The molecule has 14 rings (SSSR count). The maximum Gasteiger partial charge on any atom is 0.0536 e. The number of hydrogen-bond acceptors (Lipinski definition) is 4. The average molecular weight is 1010 g/mol. The predicted molar refractivity (Wildman–Crippen MR) is 321 cm³/mol. The van der Waals surface area contributed by atoms with E-state index in [2.05, 4.69) is 263 Å². The number of thioether (sulfide) groups is 1. The molecule has 0 spiro atoms. The van der Waals surface area contributed by atoms with E-state index in [1.165, 1.54) is 120 Å². The molecule has 4 heteroatoms. The van der Waals surface area contributed by atoms with Crippen LogP contribution in [0.1, 0.15) is 64.5 Å². The van der Waals surface area contributed by atoms with Gasteiger partial charge in [0.25, 0.3) is 0 Å². The average Bonchev–Trinajstić information content (AvgIpc) is 4.04. The highest BCUT2D eigenvalue weighted by molar-refractivity contribution is 8.01. The molecule has 2 nitrogen and oxygen atoms in total. The Morgan fingerprint density at radius 1 is 0.600 bits per heavy atom. The van der Waals surface area contributed by atoms with Crippen LogP contribution in [0.15, 0.2) is 274 Å². The second-order valence-corrected chi connectivity index (χ2v) is 24.5. The molecule has 6 aromatic carbocycles. The summed E-state index contributed by atoms with van der Waals surface area (Å²) in [5.41, 5.74) is 22.6. The van der Waals surface area contributed by atoms with Gasteiger partial charge in [-0.1, -0.05) is 179 Å². The molecular formula is C71H60N2S2. The summed E-state index contributed by atoms with van der Waals surface area (Å²) in [7, 11) is 0. The molecule has 2 heterocycles. The number of nitrogens with zero attached hydrogens (tertiary/aromatic N) is 2. The highest BCUT2D eigenvalue weighted by Gasteiger charge is 2.48. The standard InChI is InChI=1S/C71H60N2S2/c1-44(2)60-42-64(72(48-22-8-6-9-23-48)50-26-16-20-46(40-50)52-30-18-31-56-53-28-12-14-34-66(53)74-70(52)56)58-38-36-55-61(45(3)4)43-65(59-39-37-54(60)68(58)69(55)59)73(49-24-10-7-11-25-49)51-27-17-21-47(41-51)62-32-19-33-63-57-29-13-15-35-67(57)75-71(62,63)5/h6-8,10-22,24-45,62,68-69H,9,23H2,1-5H3. The summed E-state index contributed by atoms with van der Waals surface area (Å²) in [6, 6.07) is 54.6. The third-order valence-electron chi connectivity index (χ3n) is 16.9. The number of anilines is 3. The van der Waals surface area contributed by atoms with Crippen molar-refractivity contribution < 1.29 is 0 Å². The number of benzene rings is 6. The summed E-state index contributed by atoms with van der Waals surface area (Å²) < 4.78 is 2.56. The van der Waals surface area contributed by atoms with Gasteiger partial charge in [-0.2, -0.15) is 0 Å². The monoisotopic (exact) mass is 1000 g/mol. The van der Waals surface area contributed by atoms with Gasteiger partial charge in [0.15, 0.2) is 0 Å². The fourth-order valence-corrected chi connectivity index (χ4v) is 16.2. The molecule has 366 valence electrons. The fraction of sp³-hybridized carbons (Fsp3) is 0.183. The molecule has 0 bridgehead atoms. The number of hydrogen-bond donors (Lipinski definition) is 0. The van der Waals surface area contributed by atoms with Crippen LogP contribution in [0.4, 0.5) is 17.1 Å². The van der Waals surface area contributed by atoms with Crippen molar-refractivity contribution in [2.45, 2.75) is 63.0 Å². The minimum Gasteiger partial charge on any atom is -0.314 e. The Kier molecular flexibility index (Phi) is 11.2. The van der Waals surface area contributed by atoms with Crippen molar-refractivity contribution >= 4 is 65.9 Å². The molecule has 7 aliphatic rings. The Morgan fingerprint density at radius 3 is 2.16 bits per heavy atom. The quantitative estimate of drug-likeness (QED) is 0.135. The lowest BCUT2D eigenvalue weighted by Crippen LogP contribution is -2.38. The van der Waals surface area contributed by atoms with Crippen LogP contribution in [0.25, 0.3) is 36.9 Å². The molecule has 0 radical (unpaired) electrons. The van der Waals surface area contributed by atoms with Crippen LogP contribution in [0.2, 0.25) is 0 Å². The van der Waals surface area contributed by atoms with E-state index in [1.54, 1.807) is 0 Å². The van der Waals surface area contributed by atoms with Crippen molar-refractivity contribution in [1.82, 2.24) is 0 Å². The van der Waals surface area contributed by atoms with Crippen molar-refractivity contribution in [1.29, 1.82) is 0 Å². The first kappa shape index (κ1) is 46.2. The van der Waals surface area contributed by atoms with Crippen molar-refractivity contribution in [3.63, 3.8) is 0 Å². The normalized spacial score (nSPS) is 22.1. The van der Waals surface area contributed by atoms with Gasteiger partial charge in [-0.25, -0.2) is 0 Å². The lowest BCUT2D eigenvalue weighted by atomic mass is 9.59. The van der Waals surface area contributed by atoms with Crippen LogP contribution >= 0.6 is 23.1 Å². The van der Waals surface area contributed by atoms with E-state index in [0.717, 1.165) is 12.8 Å². The predicted octanol–water partition coefficient (Wildman–Crippen LogP) is 19.6. The van der Waals surface area contributed by atoms with E-state index in [1.807, 2.05) is 23.1 Å². The van der Waals surface area contributed by atoms with Crippen LogP contribution in [-0.2, 0) is 0 Å². The van der Waals surface area contributed by atoms with Gasteiger partial charge in [0.2, 0.25) is 0 Å². The Morgan fingerprint density at radius 2 is 1.32 bits per heavy atom. The number of para-hydroxylation sites is 1. The number of fused-ring (bicyclic) bond motifs is 6. The fourth-order valence-electron chi connectivity index (χ4n) is 13.5. The number of thiophene rings is 1. The van der Waals surface area contributed by atoms with Gasteiger partial charge >= 0.3 is 0 Å². The molecule has 75 heavy (non-hydrogen) atoms. The first-order valence-electron chi connectivity index (χ1n) is 27.0. The number of allylic oxidation sites excluding steroid dienone is 19. The smallest absolute Gasteiger partial charge is 0.0536 e. The van der Waals surface area contributed by atoms with E-state index in [4.69, 9.17) is 0 Å². The summed E-state index contributed by atoms with van der Waals surface area (Å²) >= 11 is 3.93. The maximum atomic E-state index is 2.64. The number of rotatable bonds is 10. The maximum absolute atomic E-state index is 2.64. The molecule has 6 aliphatic carbocycles. The second kappa shape index (κ2) is 18.2. The molecular weight excluding hydrogens is 945 g/mol. The Balaban J connectivity index is 0.919. The third kappa shape index (κ3) is 7.42. The van der Waals surface area contributed by atoms with Gasteiger partial charge in [0.05, 0.1) is 10.4 Å². The molecule has 0 amide bonds. The van der Waals surface area contributed by atoms with Crippen LogP contribution in [0, 0.1) is 23.7 Å². The Hall–Kier alpha value is -7.37. The van der Waals surface area contributed by atoms with E-state index in [-0.39, 0.29) is 22.5 Å². The first-order valence-corrected chi connectivity index (χ1v) is 28.7. The van der Waals surface area contributed by atoms with E-state index in [9.17, 15) is 0 Å². The van der Waals surface area contributed by atoms with Crippen LogP contribution in [0.3, 0.4) is 0 Å². The molecule has 0 fully saturated rings. The van der Waals surface area contributed by atoms with E-state index in [0.29, 0.717) is 11.8 Å². The molecule has 0 N–H and O–H groups in total. The van der Waals surface area contributed by atoms with Crippen LogP contribution in [-0.4, -0.2) is 4.75 Å². The molecule has 4 atom stereocenters. The molecule has 1 aliphatic heterocycles. The lowest BCUT2D eigenvalue weighted by Gasteiger charge is -2.48. The summed E-state index contributed by atoms with van der Waals surface area (Å²) in [5, 5.41) is 2.66. The molecule has 0 saturated carbocycles. The highest BCUT2D eigenvalue weighted by atomic mass is 32.2. The topological polar surface area (TPSA) is 6.48 Å². The van der Waals surface area contributed by atoms with Crippen molar-refractivity contribution in [2.24, 2.45) is 23.7 Å². The second-order valence-electron chi connectivity index (χ2n) is 21.9. The zero-order valence-electron chi connectivity index (χ0n) is 43.3. The summed E-state index contributed by atoms with van der Waals surface area (Å²) in [4.78, 5) is 6.58. The largest absolute Gasteiger partial charge is 0.314 e. The van der Waals surface area contributed by atoms with E-state index >= 15 is 0 Å². The van der Waals surface area contributed by atoms with Crippen molar-refractivity contribution in [3.8, 4) is 11.1 Å². The Bertz CT molecular complexity index is 3910. The van der Waals surface area contributed by atoms with Gasteiger partial charge in [0, 0.05) is 71.3 Å². The molecule has 1 aromatic heterocycles. The van der Waals surface area contributed by atoms with Gasteiger partial charge in [-0.05, 0) is 160 Å². The summed E-state index contributed by atoms with van der Waals surface area (Å²) in [6.45, 7) is 12.0. The molecule has 7 aromatic rings. The Labute approximate surface area is 450 Å². The van der Waals surface area contributed by atoms with E-state index < -0.39 is 0 Å². The zero-order valence-corrected chi connectivity index (χ0v) is 44.9. The lowest BCUT2D eigenvalue weighted by molar-refractivity contribution is 0.521. The SMILES string of the molecule is CC(C)C1=CC(N(c2ccccc2)c2cccc(C3C=CC=C4c5ccccc5SC43C)c2)=C2C=CC3=C(C(C)C)C=C(N(C4=CC=CCC4)c4cccc(-c5cccc6c5sc5ccccc56)c4)C4=CC=C1C2C43. The van der Waals surface area contributed by atoms with Crippen LogP contribution in [0.5, 0.6) is 0 Å². The minimum atomic E-state index is -0.113. The third-order valence-corrected chi connectivity index (χ3v) is 19.6. The molecule has 0 saturated heterocycles. The highest BCUT2D eigenvalue weighted by Crippen LogP contribution is 2.61. The van der Waals surface area contributed by atoms with Crippen LogP contribution < -0.4 is 9.80 Å². The van der Waals surface area contributed by atoms with Gasteiger partial charge in [-0.15, -0.1) is 23.1 Å². The summed E-state index contributed by atoms with van der Waals surface area (Å²) in [6.07, 6.45) is 31.1. The molecule has 4 unspecified atom stereocenters.